The van der Waals surface area contributed by atoms with Crippen LogP contribution in [0.15, 0.2) is 30.5 Å². The van der Waals surface area contributed by atoms with Gasteiger partial charge in [0, 0.05) is 38.7 Å². The summed E-state index contributed by atoms with van der Waals surface area (Å²) in [6, 6.07) is 6.58. The molecule has 0 aliphatic carbocycles. The lowest BCUT2D eigenvalue weighted by Crippen LogP contribution is -2.61. The first-order chi connectivity index (χ1) is 28.8. The van der Waals surface area contributed by atoms with E-state index in [4.69, 9.17) is 23.7 Å². The number of fused-ring (bicyclic) bond motifs is 2. The van der Waals surface area contributed by atoms with Crippen molar-refractivity contribution in [2.24, 2.45) is 5.92 Å². The minimum absolute atomic E-state index is 0.103. The highest BCUT2D eigenvalue weighted by Gasteiger charge is 2.59. The summed E-state index contributed by atoms with van der Waals surface area (Å²) in [7, 11) is 5.20. The Balaban J connectivity index is 1.21. The number of cyclic esters (lactones) is 1. The number of nitrogens with zero attached hydrogens (tertiary/aromatic N) is 6. The maximum Gasteiger partial charge on any atom is 0.410 e. The van der Waals surface area contributed by atoms with Crippen molar-refractivity contribution in [2.45, 2.75) is 159 Å². The molecule has 3 aromatic rings. The Morgan fingerprint density at radius 1 is 1.10 bits per heavy atom. The minimum Gasteiger partial charge on any atom is -0.455 e. The number of aliphatic hydroxyl groups excluding tert-OH is 1. The first-order valence-electron chi connectivity index (χ1n) is 21.4. The van der Waals surface area contributed by atoms with Gasteiger partial charge in [-0.05, 0) is 105 Å². The van der Waals surface area contributed by atoms with Gasteiger partial charge >= 0.3 is 12.1 Å². The fourth-order valence-corrected chi connectivity index (χ4v) is 10.1. The molecule has 1 aromatic carbocycles. The average molecular weight is 874 g/mol. The van der Waals surface area contributed by atoms with Crippen LogP contribution in [0.5, 0.6) is 0 Å². The van der Waals surface area contributed by atoms with E-state index in [9.17, 15) is 19.5 Å². The minimum atomic E-state index is -3.10. The molecule has 2 aromatic heterocycles. The Morgan fingerprint density at radius 2 is 1.82 bits per heavy atom. The van der Waals surface area contributed by atoms with Crippen LogP contribution in [0.4, 0.5) is 9.18 Å². The van der Waals surface area contributed by atoms with Gasteiger partial charge in [0.15, 0.2) is 17.7 Å². The number of carbonyl (C=O) groups excluding carboxylic acids is 3. The number of nitrogens with one attached hydrogen (secondary N) is 1. The summed E-state index contributed by atoms with van der Waals surface area (Å²) in [5.41, 5.74) is -4.11. The number of methoxy groups -OCH3 is 1. The fourth-order valence-electron chi connectivity index (χ4n) is 9.18. The van der Waals surface area contributed by atoms with Gasteiger partial charge in [0.05, 0.1) is 40.3 Å². The number of unbranched alkanes of at least 4 members (excludes halogenated alkanes) is 1. The number of halogens is 1. The van der Waals surface area contributed by atoms with Gasteiger partial charge in [-0.1, -0.05) is 31.2 Å². The molecule has 6 rings (SSSR count). The quantitative estimate of drug-likeness (QED) is 0.147. The molecular weight excluding hydrogens is 810 g/mol. The number of hydrogen-bond donors (Lipinski definition) is 2. The van der Waals surface area contributed by atoms with Crippen molar-refractivity contribution < 1.29 is 47.6 Å². The number of hydrogen-bond acceptors (Lipinski definition) is 15. The van der Waals surface area contributed by atoms with Gasteiger partial charge in [-0.3, -0.25) is 14.4 Å². The topological polar surface area (TPSA) is 180 Å². The van der Waals surface area contributed by atoms with Crippen LogP contribution in [0.1, 0.15) is 87.0 Å². The van der Waals surface area contributed by atoms with Crippen molar-refractivity contribution in [3.63, 3.8) is 0 Å². The van der Waals surface area contributed by atoms with Crippen LogP contribution in [0.2, 0.25) is 0 Å². The molecule has 4 unspecified atom stereocenters. The molecule has 3 aliphatic heterocycles. The number of carbonyl (C=O) groups is 3. The summed E-state index contributed by atoms with van der Waals surface area (Å²) >= 11 is 1.56. The zero-order valence-corrected chi connectivity index (χ0v) is 37.9. The molecule has 18 heteroatoms. The summed E-state index contributed by atoms with van der Waals surface area (Å²) in [6.07, 6.45) is -1.70. The Morgan fingerprint density at radius 3 is 2.51 bits per heavy atom. The lowest BCUT2D eigenvalue weighted by molar-refractivity contribution is -0.289. The van der Waals surface area contributed by atoms with E-state index in [2.05, 4.69) is 20.6 Å². The molecule has 16 nitrogen and oxygen atoms in total. The molecule has 0 spiro atoms. The van der Waals surface area contributed by atoms with Gasteiger partial charge in [0.25, 0.3) is 5.67 Å². The number of amides is 1. The Bertz CT molecular complexity index is 1970. The number of ether oxygens (including phenoxy) is 5. The number of aryl methyl sites for hydroxylation is 1. The Hall–Kier alpha value is -3.65. The largest absolute Gasteiger partial charge is 0.455 e. The third-order valence-electron chi connectivity index (χ3n) is 12.8. The van der Waals surface area contributed by atoms with Crippen LogP contribution in [0.3, 0.4) is 0 Å². The molecule has 3 saturated heterocycles. The fraction of sp³-hybridized carbons (Fsp3) is 0.721. The molecule has 0 bridgehead atoms. The second kappa shape index (κ2) is 19.0. The van der Waals surface area contributed by atoms with E-state index in [0.29, 0.717) is 51.0 Å². The van der Waals surface area contributed by atoms with Crippen LogP contribution in [0, 0.1) is 5.92 Å². The highest BCUT2D eigenvalue weighted by atomic mass is 32.1. The van der Waals surface area contributed by atoms with Crippen molar-refractivity contribution in [2.75, 3.05) is 34.3 Å². The molecule has 12 atom stereocenters. The number of alkyl halides is 1. The lowest BCUT2D eigenvalue weighted by atomic mass is 9.83. The number of para-hydroxylation sites is 1. The predicted octanol–water partition coefficient (Wildman–Crippen LogP) is 5.16. The van der Waals surface area contributed by atoms with Gasteiger partial charge in [-0.15, -0.1) is 16.4 Å². The van der Waals surface area contributed by atoms with Crippen LogP contribution in [-0.4, -0.2) is 153 Å². The van der Waals surface area contributed by atoms with Crippen LogP contribution < -0.4 is 5.32 Å². The molecule has 0 saturated carbocycles. The van der Waals surface area contributed by atoms with Gasteiger partial charge in [0.1, 0.15) is 22.9 Å². The summed E-state index contributed by atoms with van der Waals surface area (Å²) in [5, 5.41) is 24.4. The summed E-state index contributed by atoms with van der Waals surface area (Å²) in [4.78, 5) is 49.9. The molecule has 5 heterocycles. The maximum atomic E-state index is 16.7. The molecule has 2 N–H and O–H groups in total. The third kappa shape index (κ3) is 9.95. The van der Waals surface area contributed by atoms with Crippen molar-refractivity contribution in [3.05, 3.63) is 30.5 Å². The van der Waals surface area contributed by atoms with E-state index in [0.717, 1.165) is 22.1 Å². The Kier molecular flexibility index (Phi) is 14.6. The zero-order chi connectivity index (χ0) is 44.4. The van der Waals surface area contributed by atoms with Gasteiger partial charge in [-0.25, -0.2) is 19.0 Å². The van der Waals surface area contributed by atoms with E-state index in [1.165, 1.54) is 7.11 Å². The van der Waals surface area contributed by atoms with Gasteiger partial charge in [0.2, 0.25) is 0 Å². The van der Waals surface area contributed by atoms with Crippen molar-refractivity contribution in [1.82, 2.24) is 35.1 Å². The second-order valence-electron chi connectivity index (χ2n) is 17.9. The van der Waals surface area contributed by atoms with Crippen LogP contribution in [-0.2, 0) is 39.8 Å². The number of likely N-dealkylation sites (N-methyl/N-ethyl adjacent to an activating group) is 1. The van der Waals surface area contributed by atoms with Gasteiger partial charge < -0.3 is 39.0 Å². The standard InChI is InChI=1S/C43H64FN7O9S/c1-11-33-43(7)36(51(40(55)60-43)19-15-14-18-50-24-29(47-48-50)37-46-28-16-12-13-17-31(28)61-37)27(4)45-23-25(2)22-41(5,56-10)34(21-32(52)42(6,44)39(54)59-33)58-38-35(53)30(49(8)9)20-26(3)57-38/h12-13,16-17,24-27,30,33-36,38,45,53H,11,14-15,18-23H2,1-10H3/t25-,26?,27-,30?,33-,34-,35?,36-,38+,41-,42?,43-/m1/s1. The zero-order valence-electron chi connectivity index (χ0n) is 37.1. The number of aromatic nitrogens is 4. The molecular formula is C43H64FN7O9S. The monoisotopic (exact) mass is 873 g/mol. The number of ketones is 1. The number of aliphatic hydroxyl groups is 1. The number of benzene rings is 1. The predicted molar refractivity (Wildman–Crippen MR) is 227 cm³/mol. The molecule has 1 amide bonds. The second-order valence-corrected chi connectivity index (χ2v) is 18.9. The highest BCUT2D eigenvalue weighted by molar-refractivity contribution is 7.21. The van der Waals surface area contributed by atoms with Crippen molar-refractivity contribution in [3.8, 4) is 10.7 Å². The molecule has 3 aliphatic rings. The smallest absolute Gasteiger partial charge is 0.410 e. The average Bonchev–Trinajstić information content (AvgIpc) is 3.93. The summed E-state index contributed by atoms with van der Waals surface area (Å²) in [5.74, 6) is -2.58. The third-order valence-corrected chi connectivity index (χ3v) is 13.9. The lowest BCUT2D eigenvalue weighted by Gasteiger charge is -2.45. The Labute approximate surface area is 361 Å². The molecule has 338 valence electrons. The molecule has 61 heavy (non-hydrogen) atoms. The van der Waals surface area contributed by atoms with Gasteiger partial charge in [-0.2, -0.15) is 0 Å². The van der Waals surface area contributed by atoms with Crippen molar-refractivity contribution in [1.29, 1.82) is 0 Å². The van der Waals surface area contributed by atoms with E-state index >= 15 is 4.39 Å². The van der Waals surface area contributed by atoms with E-state index in [1.807, 2.05) is 70.2 Å². The van der Waals surface area contributed by atoms with E-state index < -0.39 is 77.8 Å². The number of Topliss-reactive ketones (excluding diaryl/α,β-unsaturated/α-hetero) is 1. The SMILES string of the molecule is CC[C@H]1OC(=O)C(C)(F)C(=O)C[C@@H](O[C@@H]2OC(C)CC(N(C)C)C2O)[C@](C)(OC)C[C@@H](C)CN[C@H](C)[C@H]2N(CCCCn3cc(-c4nc5ccccc5s4)nn3)C(=O)O[C@]12C. The van der Waals surface area contributed by atoms with Crippen molar-refractivity contribution >= 4 is 39.4 Å². The summed E-state index contributed by atoms with van der Waals surface area (Å²) in [6.45, 7) is 13.3. The molecule has 0 radical (unpaired) electrons. The normalized spacial score (nSPS) is 35.8. The first-order valence-corrected chi connectivity index (χ1v) is 22.3. The van der Waals surface area contributed by atoms with E-state index in [1.54, 1.807) is 41.7 Å². The first kappa shape index (κ1) is 46.8. The number of thiazole rings is 1. The number of rotatable bonds is 11. The van der Waals surface area contributed by atoms with Crippen LogP contribution >= 0.6 is 11.3 Å². The van der Waals surface area contributed by atoms with E-state index in [-0.39, 0.29) is 24.5 Å². The number of esters is 1. The highest BCUT2D eigenvalue weighted by Crippen LogP contribution is 2.40. The maximum absolute atomic E-state index is 16.7. The summed E-state index contributed by atoms with van der Waals surface area (Å²) < 4.78 is 50.2. The van der Waals surface area contributed by atoms with Crippen LogP contribution in [0.25, 0.3) is 20.9 Å². The molecule has 3 fully saturated rings.